The maximum Gasteiger partial charge on any atom is 0.227 e. The maximum absolute atomic E-state index is 5.86. The largest absolute Gasteiger partial charge is 0.494 e. The number of ether oxygens (including phenoxy) is 2. The summed E-state index contributed by atoms with van der Waals surface area (Å²) in [6.07, 6.45) is 9.47. The van der Waals surface area contributed by atoms with Crippen molar-refractivity contribution in [1.29, 1.82) is 0 Å². The molecule has 0 atom stereocenters. The summed E-state index contributed by atoms with van der Waals surface area (Å²) in [5, 5.41) is 7.00. The molecule has 4 rings (SSSR count). The number of nitrogens with one attached hydrogen (secondary N) is 2. The minimum atomic E-state index is 0.508. The minimum absolute atomic E-state index is 0.508. The van der Waals surface area contributed by atoms with E-state index in [9.17, 15) is 0 Å². The highest BCUT2D eigenvalue weighted by Crippen LogP contribution is 2.32. The number of aryl methyl sites for hydroxylation is 1. The van der Waals surface area contributed by atoms with Crippen LogP contribution in [0.15, 0.2) is 18.2 Å². The Hall–Kier alpha value is -2.54. The quantitative estimate of drug-likeness (QED) is 0.469. The van der Waals surface area contributed by atoms with E-state index in [0.29, 0.717) is 25.2 Å². The summed E-state index contributed by atoms with van der Waals surface area (Å²) in [7, 11) is 4.15. The van der Waals surface area contributed by atoms with Crippen LogP contribution in [0.4, 0.5) is 11.8 Å². The second-order valence-corrected chi connectivity index (χ2v) is 9.81. The predicted molar refractivity (Wildman–Crippen MR) is 143 cm³/mol. The first-order chi connectivity index (χ1) is 17.1. The fourth-order valence-electron chi connectivity index (χ4n) is 5.48. The van der Waals surface area contributed by atoms with E-state index in [1.165, 1.54) is 55.3 Å². The Morgan fingerprint density at radius 3 is 2.51 bits per heavy atom. The second kappa shape index (κ2) is 12.4. The molecule has 0 bridgehead atoms. The predicted octanol–water partition coefficient (Wildman–Crippen LogP) is 4.98. The molecule has 192 valence electrons. The summed E-state index contributed by atoms with van der Waals surface area (Å²) < 4.78 is 11.5. The minimum Gasteiger partial charge on any atom is -0.494 e. The van der Waals surface area contributed by atoms with Gasteiger partial charge in [0.2, 0.25) is 5.95 Å². The van der Waals surface area contributed by atoms with Gasteiger partial charge in [0, 0.05) is 43.9 Å². The monoisotopic (exact) mass is 481 g/mol. The van der Waals surface area contributed by atoms with Crippen molar-refractivity contribution >= 4 is 11.8 Å². The topological polar surface area (TPSA) is 71.5 Å². The van der Waals surface area contributed by atoms with Crippen molar-refractivity contribution in [1.82, 2.24) is 15.3 Å². The van der Waals surface area contributed by atoms with E-state index < -0.39 is 0 Å². The average molecular weight is 482 g/mol. The van der Waals surface area contributed by atoms with E-state index in [1.54, 1.807) is 0 Å². The molecule has 2 aliphatic rings. The molecule has 2 N–H and O–H groups in total. The highest BCUT2D eigenvalue weighted by molar-refractivity contribution is 5.52. The molecule has 1 aromatic carbocycles. The van der Waals surface area contributed by atoms with Crippen molar-refractivity contribution in [3.8, 4) is 11.5 Å². The molecule has 2 aromatic rings. The lowest BCUT2D eigenvalue weighted by molar-refractivity contribution is 0.304. The van der Waals surface area contributed by atoms with Crippen molar-refractivity contribution in [3.05, 3.63) is 35.0 Å². The fraction of sp³-hybridized carbons (Fsp3) is 0.643. The van der Waals surface area contributed by atoms with Gasteiger partial charge in [-0.05, 0) is 83.7 Å². The van der Waals surface area contributed by atoms with Gasteiger partial charge in [-0.15, -0.1) is 0 Å². The van der Waals surface area contributed by atoms with Crippen LogP contribution in [0.3, 0.4) is 0 Å². The molecule has 0 radical (unpaired) electrons. The molecule has 1 fully saturated rings. The number of anilines is 2. The number of hydrogen-bond donors (Lipinski definition) is 2. The van der Waals surface area contributed by atoms with E-state index in [-0.39, 0.29) is 0 Å². The van der Waals surface area contributed by atoms with Crippen LogP contribution in [0.1, 0.15) is 69.2 Å². The van der Waals surface area contributed by atoms with Gasteiger partial charge < -0.3 is 25.0 Å². The summed E-state index contributed by atoms with van der Waals surface area (Å²) in [6.45, 7) is 7.20. The van der Waals surface area contributed by atoms with Gasteiger partial charge in [-0.3, -0.25) is 0 Å². The van der Waals surface area contributed by atoms with Crippen molar-refractivity contribution in [2.24, 2.45) is 5.92 Å². The van der Waals surface area contributed by atoms with E-state index in [2.05, 4.69) is 28.6 Å². The smallest absolute Gasteiger partial charge is 0.227 e. The number of nitrogens with zero attached hydrogens (tertiary/aromatic N) is 3. The number of benzene rings is 1. The number of rotatable bonds is 11. The summed E-state index contributed by atoms with van der Waals surface area (Å²) in [5.74, 6) is 4.40. The molecule has 35 heavy (non-hydrogen) atoms. The SMILES string of the molecule is CCOc1ccc(CNC[C@H]2CC[C@@H](N(C)c3nc4c(c(NC)n3)CCCC4)CC2)c(OCC)c1. The third-order valence-electron chi connectivity index (χ3n) is 7.49. The second-order valence-electron chi connectivity index (χ2n) is 9.81. The van der Waals surface area contributed by atoms with E-state index >= 15 is 0 Å². The van der Waals surface area contributed by atoms with Crippen LogP contribution in [0.25, 0.3) is 0 Å². The van der Waals surface area contributed by atoms with Gasteiger partial charge in [-0.25, -0.2) is 4.98 Å². The Labute approximate surface area is 211 Å². The zero-order valence-corrected chi connectivity index (χ0v) is 22.0. The van der Waals surface area contributed by atoms with E-state index in [0.717, 1.165) is 49.2 Å². The third-order valence-corrected chi connectivity index (χ3v) is 7.49. The zero-order valence-electron chi connectivity index (χ0n) is 22.0. The lowest BCUT2D eigenvalue weighted by atomic mass is 9.85. The first kappa shape index (κ1) is 25.5. The van der Waals surface area contributed by atoms with Crippen LogP contribution in [0, 0.1) is 5.92 Å². The molecule has 0 unspecified atom stereocenters. The Morgan fingerprint density at radius 2 is 1.77 bits per heavy atom. The molecule has 1 saturated carbocycles. The van der Waals surface area contributed by atoms with Gasteiger partial charge in [-0.1, -0.05) is 6.07 Å². The Balaban J connectivity index is 1.28. The van der Waals surface area contributed by atoms with E-state index in [1.807, 2.05) is 33.0 Å². The van der Waals surface area contributed by atoms with Crippen LogP contribution in [-0.4, -0.2) is 49.9 Å². The van der Waals surface area contributed by atoms with Crippen LogP contribution < -0.4 is 25.0 Å². The lowest BCUT2D eigenvalue weighted by Gasteiger charge is -2.35. The highest BCUT2D eigenvalue weighted by Gasteiger charge is 2.27. The van der Waals surface area contributed by atoms with Crippen molar-refractivity contribution < 1.29 is 9.47 Å². The van der Waals surface area contributed by atoms with Gasteiger partial charge in [0.1, 0.15) is 17.3 Å². The zero-order chi connectivity index (χ0) is 24.6. The molecule has 0 spiro atoms. The Bertz CT molecular complexity index is 941. The number of hydrogen-bond acceptors (Lipinski definition) is 7. The Kier molecular flexibility index (Phi) is 9.07. The molecular weight excluding hydrogens is 438 g/mol. The summed E-state index contributed by atoms with van der Waals surface area (Å²) in [4.78, 5) is 12.2. The first-order valence-corrected chi connectivity index (χ1v) is 13.5. The normalized spacial score (nSPS) is 19.7. The third kappa shape index (κ3) is 6.37. The van der Waals surface area contributed by atoms with Crippen LogP contribution >= 0.6 is 0 Å². The van der Waals surface area contributed by atoms with Gasteiger partial charge in [-0.2, -0.15) is 4.98 Å². The highest BCUT2D eigenvalue weighted by atomic mass is 16.5. The summed E-state index contributed by atoms with van der Waals surface area (Å²) >= 11 is 0. The van der Waals surface area contributed by atoms with Crippen LogP contribution in [-0.2, 0) is 19.4 Å². The first-order valence-electron chi connectivity index (χ1n) is 13.5. The van der Waals surface area contributed by atoms with Gasteiger partial charge in [0.05, 0.1) is 18.9 Å². The standard InChI is InChI=1S/C28H43N5O2/c1-5-34-23-16-13-21(26(17-23)35-6-2)19-30-18-20-11-14-22(15-12-20)33(4)28-31-25-10-8-7-9-24(25)27(29-3)32-28/h13,16-17,20,22,30H,5-12,14-15,18-19H2,1-4H3,(H,29,31,32)/t20-,22+. The van der Waals surface area contributed by atoms with Crippen molar-refractivity contribution in [3.63, 3.8) is 0 Å². The molecule has 1 heterocycles. The molecule has 2 aliphatic carbocycles. The molecule has 0 aliphatic heterocycles. The van der Waals surface area contributed by atoms with Crippen LogP contribution in [0.2, 0.25) is 0 Å². The number of aromatic nitrogens is 2. The Morgan fingerprint density at radius 1 is 1.00 bits per heavy atom. The van der Waals surface area contributed by atoms with Gasteiger partial charge in [0.25, 0.3) is 0 Å². The molecule has 0 saturated heterocycles. The lowest BCUT2D eigenvalue weighted by Crippen LogP contribution is -2.38. The number of fused-ring (bicyclic) bond motifs is 1. The van der Waals surface area contributed by atoms with Gasteiger partial charge in [0.15, 0.2) is 0 Å². The molecular formula is C28H43N5O2. The molecule has 1 aromatic heterocycles. The summed E-state index contributed by atoms with van der Waals surface area (Å²) in [5.41, 5.74) is 3.76. The molecule has 0 amide bonds. The molecule has 7 nitrogen and oxygen atoms in total. The maximum atomic E-state index is 5.86. The van der Waals surface area contributed by atoms with Crippen LogP contribution in [0.5, 0.6) is 11.5 Å². The van der Waals surface area contributed by atoms with Crippen molar-refractivity contribution in [2.45, 2.75) is 77.8 Å². The fourth-order valence-corrected chi connectivity index (χ4v) is 5.48. The molecule has 7 heteroatoms. The van der Waals surface area contributed by atoms with E-state index in [4.69, 9.17) is 19.4 Å². The average Bonchev–Trinajstić information content (AvgIpc) is 2.89. The van der Waals surface area contributed by atoms with Gasteiger partial charge >= 0.3 is 0 Å². The van der Waals surface area contributed by atoms with Crippen molar-refractivity contribution in [2.75, 3.05) is 44.1 Å². The summed E-state index contributed by atoms with van der Waals surface area (Å²) in [6, 6.07) is 6.67.